The lowest BCUT2D eigenvalue weighted by Crippen LogP contribution is -2.48. The predicted molar refractivity (Wildman–Crippen MR) is 130 cm³/mol. The van der Waals surface area contributed by atoms with Crippen molar-refractivity contribution in [2.75, 3.05) is 41.4 Å². The van der Waals surface area contributed by atoms with Crippen LogP contribution in [-0.2, 0) is 6.18 Å². The van der Waals surface area contributed by atoms with Gasteiger partial charge >= 0.3 is 18.2 Å². The first kappa shape index (κ1) is 25.6. The van der Waals surface area contributed by atoms with E-state index in [1.807, 2.05) is 4.90 Å². The number of fused-ring (bicyclic) bond motifs is 4. The fourth-order valence-corrected chi connectivity index (χ4v) is 4.37. The van der Waals surface area contributed by atoms with Gasteiger partial charge in [-0.3, -0.25) is 10.2 Å². The monoisotopic (exact) mass is 531 g/mol. The summed E-state index contributed by atoms with van der Waals surface area (Å²) in [5.74, 6) is 0.525. The molecule has 200 valence electrons. The summed E-state index contributed by atoms with van der Waals surface area (Å²) in [7, 11) is 0. The maximum atomic E-state index is 13.4. The fraction of sp³-hybridized carbons (Fsp3) is 0.375. The Morgan fingerprint density at radius 1 is 1.24 bits per heavy atom. The molecule has 14 heteroatoms. The van der Waals surface area contributed by atoms with Crippen LogP contribution in [0.15, 0.2) is 42.7 Å². The first-order valence-corrected chi connectivity index (χ1v) is 11.9. The Morgan fingerprint density at radius 3 is 2.87 bits per heavy atom. The molecule has 2 aromatic heterocycles. The summed E-state index contributed by atoms with van der Waals surface area (Å²) in [6, 6.07) is 5.46. The van der Waals surface area contributed by atoms with Gasteiger partial charge in [0.1, 0.15) is 5.82 Å². The van der Waals surface area contributed by atoms with Crippen LogP contribution < -0.4 is 19.9 Å². The largest absolute Gasteiger partial charge is 0.463 e. The van der Waals surface area contributed by atoms with E-state index >= 15 is 0 Å². The highest BCUT2D eigenvalue weighted by molar-refractivity contribution is 6.04. The third kappa shape index (κ3) is 5.31. The van der Waals surface area contributed by atoms with Gasteiger partial charge in [0.15, 0.2) is 11.6 Å². The lowest BCUT2D eigenvalue weighted by Gasteiger charge is -2.35. The zero-order valence-electron chi connectivity index (χ0n) is 20.0. The van der Waals surface area contributed by atoms with Crippen LogP contribution >= 0.6 is 0 Å². The van der Waals surface area contributed by atoms with Crippen LogP contribution in [0.5, 0.6) is 6.01 Å². The highest BCUT2D eigenvalue weighted by Gasteiger charge is 2.41. The number of hydrogen-bond acceptors (Lipinski definition) is 9. The van der Waals surface area contributed by atoms with Gasteiger partial charge in [0.2, 0.25) is 0 Å². The van der Waals surface area contributed by atoms with Gasteiger partial charge in [-0.15, -0.1) is 0 Å². The van der Waals surface area contributed by atoms with E-state index in [2.05, 4.69) is 25.3 Å². The number of nitrogens with one attached hydrogen (secondary N) is 1. The molecule has 0 spiro atoms. The molecule has 0 radical (unpaired) electrons. The average molecular weight is 531 g/mol. The smallest absolute Gasteiger partial charge is 0.416 e. The van der Waals surface area contributed by atoms with Gasteiger partial charge < -0.3 is 19.8 Å². The van der Waals surface area contributed by atoms with Crippen LogP contribution in [0.3, 0.4) is 0 Å². The standard InChI is InChI=1S/C24H24F3N7O4/c25-24(26,27)15-3-1-2-14(10-15)20-29-11-18-21(32-20)34(16-5-8-33(18)12-16)23(37)31-19-4-7-28-22(30-19)38-9-6-17(36)13-35/h1-4,7,10-11,16-17,35-36H,5-6,8-9,12-13H2,(H,28,30,31,37)/t16-,17+/m0/s1. The van der Waals surface area contributed by atoms with Crippen LogP contribution in [0.1, 0.15) is 18.4 Å². The third-order valence-electron chi connectivity index (χ3n) is 6.28. The first-order chi connectivity index (χ1) is 18.2. The summed E-state index contributed by atoms with van der Waals surface area (Å²) in [6.07, 6.45) is -1.67. The van der Waals surface area contributed by atoms with E-state index < -0.39 is 30.5 Å². The molecule has 2 bridgehead atoms. The highest BCUT2D eigenvalue weighted by Crippen LogP contribution is 2.40. The Labute approximate surface area is 214 Å². The molecule has 0 aliphatic carbocycles. The van der Waals surface area contributed by atoms with E-state index in [9.17, 15) is 23.1 Å². The van der Waals surface area contributed by atoms with E-state index in [0.29, 0.717) is 31.0 Å². The molecule has 3 aromatic rings. The number of hydrogen-bond donors (Lipinski definition) is 3. The van der Waals surface area contributed by atoms with E-state index in [-0.39, 0.29) is 42.3 Å². The van der Waals surface area contributed by atoms with Crippen molar-refractivity contribution in [2.45, 2.75) is 31.2 Å². The molecule has 11 nitrogen and oxygen atoms in total. The van der Waals surface area contributed by atoms with Gasteiger partial charge in [-0.2, -0.15) is 18.2 Å². The molecular formula is C24H24F3N7O4. The van der Waals surface area contributed by atoms with Crippen molar-refractivity contribution in [2.24, 2.45) is 0 Å². The Kier molecular flexibility index (Phi) is 6.99. The number of aliphatic hydroxyl groups is 2. The van der Waals surface area contributed by atoms with Crippen molar-refractivity contribution >= 4 is 23.4 Å². The van der Waals surface area contributed by atoms with Gasteiger partial charge in [-0.25, -0.2) is 19.7 Å². The van der Waals surface area contributed by atoms with E-state index in [0.717, 1.165) is 12.1 Å². The number of alkyl halides is 3. The van der Waals surface area contributed by atoms with Crippen molar-refractivity contribution in [3.8, 4) is 17.4 Å². The van der Waals surface area contributed by atoms with Crippen molar-refractivity contribution < 1.29 is 32.9 Å². The fourth-order valence-electron chi connectivity index (χ4n) is 4.37. The molecule has 2 aliphatic rings. The minimum atomic E-state index is -4.51. The molecule has 2 amide bonds. The summed E-state index contributed by atoms with van der Waals surface area (Å²) < 4.78 is 45.1. The van der Waals surface area contributed by atoms with Gasteiger partial charge in [-0.1, -0.05) is 12.1 Å². The number of nitrogens with zero attached hydrogens (tertiary/aromatic N) is 6. The summed E-state index contributed by atoms with van der Waals surface area (Å²) >= 11 is 0. The van der Waals surface area contributed by atoms with Crippen LogP contribution in [-0.4, -0.2) is 74.6 Å². The number of urea groups is 1. The number of aromatic nitrogens is 4. The maximum absolute atomic E-state index is 13.4. The van der Waals surface area contributed by atoms with Crippen molar-refractivity contribution in [3.05, 3.63) is 48.3 Å². The Balaban J connectivity index is 1.39. The average Bonchev–Trinajstić information content (AvgIpc) is 3.32. The molecule has 1 aromatic carbocycles. The number of anilines is 3. The minimum Gasteiger partial charge on any atom is -0.463 e. The molecular weight excluding hydrogens is 507 g/mol. The number of rotatable bonds is 7. The molecule has 38 heavy (non-hydrogen) atoms. The second-order valence-corrected chi connectivity index (χ2v) is 8.87. The second-order valence-electron chi connectivity index (χ2n) is 8.87. The number of benzene rings is 1. The lowest BCUT2D eigenvalue weighted by molar-refractivity contribution is -0.137. The SMILES string of the molecule is O=C(Nc1ccnc(OCC[C@@H](O)CO)n1)N1c2nc(-c3cccc(C(F)(F)F)c3)ncc2N2CC[C@H]1C2. The normalized spacial score (nSPS) is 17.2. The molecule has 2 atom stereocenters. The van der Waals surface area contributed by atoms with Crippen LogP contribution in [0, 0.1) is 0 Å². The highest BCUT2D eigenvalue weighted by atomic mass is 19.4. The van der Waals surface area contributed by atoms with E-state index in [1.165, 1.54) is 35.5 Å². The summed E-state index contributed by atoms with van der Waals surface area (Å²) in [5.41, 5.74) is -0.0269. The Hall–Kier alpha value is -4.04. The summed E-state index contributed by atoms with van der Waals surface area (Å²) in [5, 5.41) is 21.0. The number of amides is 2. The van der Waals surface area contributed by atoms with Crippen molar-refractivity contribution in [1.29, 1.82) is 0 Å². The zero-order valence-corrected chi connectivity index (χ0v) is 20.0. The number of ether oxygens (including phenoxy) is 1. The van der Waals surface area contributed by atoms with Gasteiger partial charge in [0, 0.05) is 31.3 Å². The molecule has 3 N–H and O–H groups in total. The van der Waals surface area contributed by atoms with Crippen molar-refractivity contribution in [3.63, 3.8) is 0 Å². The predicted octanol–water partition coefficient (Wildman–Crippen LogP) is 2.71. The second kappa shape index (κ2) is 10.4. The molecule has 1 saturated heterocycles. The first-order valence-electron chi connectivity index (χ1n) is 11.9. The van der Waals surface area contributed by atoms with Crippen molar-refractivity contribution in [1.82, 2.24) is 19.9 Å². The van der Waals surface area contributed by atoms with Gasteiger partial charge in [-0.05, 0) is 24.6 Å². The lowest BCUT2D eigenvalue weighted by atomic mass is 10.1. The quantitative estimate of drug-likeness (QED) is 0.420. The van der Waals surface area contributed by atoms with Crippen LogP contribution in [0.25, 0.3) is 11.4 Å². The number of carbonyl (C=O) groups excluding carboxylic acids is 1. The number of halogens is 3. The maximum Gasteiger partial charge on any atom is 0.416 e. The third-order valence-corrected chi connectivity index (χ3v) is 6.28. The summed E-state index contributed by atoms with van der Waals surface area (Å²) in [4.78, 5) is 33.9. The van der Waals surface area contributed by atoms with Gasteiger partial charge in [0.25, 0.3) is 0 Å². The zero-order chi connectivity index (χ0) is 26.9. The molecule has 2 aliphatic heterocycles. The van der Waals surface area contributed by atoms with Crippen LogP contribution in [0.2, 0.25) is 0 Å². The number of aliphatic hydroxyl groups excluding tert-OH is 2. The molecule has 1 fully saturated rings. The molecule has 5 rings (SSSR count). The summed E-state index contributed by atoms with van der Waals surface area (Å²) in [6.45, 7) is 0.915. The molecule has 0 saturated carbocycles. The molecule has 4 heterocycles. The minimum absolute atomic E-state index is 0.0202. The van der Waals surface area contributed by atoms with Gasteiger partial charge in [0.05, 0.1) is 42.8 Å². The molecule has 0 unspecified atom stereocenters. The van der Waals surface area contributed by atoms with Crippen LogP contribution in [0.4, 0.5) is 35.3 Å². The topological polar surface area (TPSA) is 137 Å². The van der Waals surface area contributed by atoms with E-state index in [1.54, 1.807) is 0 Å². The Morgan fingerprint density at radius 2 is 2.08 bits per heavy atom. The Bertz CT molecular complexity index is 1330. The van der Waals surface area contributed by atoms with E-state index in [4.69, 9.17) is 9.84 Å². The number of carbonyl (C=O) groups is 1.